The van der Waals surface area contributed by atoms with Crippen LogP contribution in [0.5, 0.6) is 0 Å². The smallest absolute Gasteiger partial charge is 0.252 e. The van der Waals surface area contributed by atoms with Gasteiger partial charge in [-0.2, -0.15) is 0 Å². The van der Waals surface area contributed by atoms with Crippen molar-refractivity contribution in [3.63, 3.8) is 0 Å². The van der Waals surface area contributed by atoms with E-state index in [1.165, 1.54) is 43.5 Å². The molecule has 9 heteroatoms. The van der Waals surface area contributed by atoms with Crippen LogP contribution in [-0.4, -0.2) is 48.0 Å². The molecule has 0 fully saturated rings. The molecule has 1 aliphatic heterocycles. The molecule has 1 unspecified atom stereocenters. The van der Waals surface area contributed by atoms with Crippen LogP contribution in [0.4, 0.5) is 13.2 Å². The van der Waals surface area contributed by atoms with Crippen molar-refractivity contribution in [2.45, 2.75) is 12.1 Å². The molecule has 0 bridgehead atoms. The molecule has 4 rings (SSSR count). The fourth-order valence-corrected chi connectivity index (χ4v) is 3.95. The van der Waals surface area contributed by atoms with Crippen LogP contribution >= 0.6 is 0 Å². The van der Waals surface area contributed by atoms with Gasteiger partial charge in [-0.1, -0.05) is 24.3 Å². The number of carbonyl (C=O) groups is 1. The number of aliphatic hydroxyl groups excluding tert-OH is 1. The molecule has 35 heavy (non-hydrogen) atoms. The number of ether oxygens (including phenoxy) is 1. The van der Waals surface area contributed by atoms with Gasteiger partial charge in [0.15, 0.2) is 5.83 Å². The molecule has 3 aromatic rings. The van der Waals surface area contributed by atoms with Crippen LogP contribution in [-0.2, 0) is 4.74 Å². The predicted molar refractivity (Wildman–Crippen MR) is 125 cm³/mol. The molecule has 0 radical (unpaired) electrons. The zero-order valence-corrected chi connectivity index (χ0v) is 18.7. The summed E-state index contributed by atoms with van der Waals surface area (Å²) >= 11 is 0. The number of rotatable bonds is 8. The van der Waals surface area contributed by atoms with Crippen LogP contribution in [0.25, 0.3) is 5.57 Å². The van der Waals surface area contributed by atoms with E-state index >= 15 is 4.39 Å². The second-order valence-corrected chi connectivity index (χ2v) is 7.80. The molecule has 6 nitrogen and oxygen atoms in total. The van der Waals surface area contributed by atoms with Crippen LogP contribution in [0, 0.1) is 11.6 Å². The van der Waals surface area contributed by atoms with Crippen LogP contribution < -0.4 is 5.32 Å². The lowest BCUT2D eigenvalue weighted by Gasteiger charge is -2.25. The average molecular weight is 481 g/mol. The number of hydrogen-bond donors (Lipinski definition) is 2. The van der Waals surface area contributed by atoms with Crippen molar-refractivity contribution in [1.29, 1.82) is 0 Å². The minimum absolute atomic E-state index is 0.0904. The van der Waals surface area contributed by atoms with E-state index in [0.29, 0.717) is 11.3 Å². The van der Waals surface area contributed by atoms with Gasteiger partial charge in [-0.3, -0.25) is 14.8 Å². The number of methoxy groups -OCH3 is 1. The first-order chi connectivity index (χ1) is 16.9. The van der Waals surface area contributed by atoms with Crippen molar-refractivity contribution in [1.82, 2.24) is 10.3 Å². The Morgan fingerprint density at radius 2 is 1.86 bits per heavy atom. The molecule has 1 aromatic heterocycles. The number of nitrogens with zero attached hydrogens (tertiary/aromatic N) is 2. The summed E-state index contributed by atoms with van der Waals surface area (Å²) in [5, 5.41) is 12.6. The minimum atomic E-state index is -0.917. The lowest BCUT2D eigenvalue weighted by molar-refractivity contribution is 0.0390. The van der Waals surface area contributed by atoms with Crippen molar-refractivity contribution in [3.05, 3.63) is 107 Å². The third kappa shape index (κ3) is 5.01. The normalized spacial score (nSPS) is 15.1. The number of benzene rings is 2. The Balaban J connectivity index is 1.65. The van der Waals surface area contributed by atoms with Gasteiger partial charge in [-0.05, 0) is 42.0 Å². The van der Waals surface area contributed by atoms with Crippen LogP contribution in [0.2, 0.25) is 0 Å². The van der Waals surface area contributed by atoms with E-state index in [0.717, 1.165) is 6.07 Å². The molecule has 2 aromatic carbocycles. The van der Waals surface area contributed by atoms with E-state index in [4.69, 9.17) is 4.74 Å². The third-order valence-corrected chi connectivity index (χ3v) is 5.67. The molecule has 0 saturated carbocycles. The van der Waals surface area contributed by atoms with Gasteiger partial charge in [-0.25, -0.2) is 13.2 Å². The van der Waals surface area contributed by atoms with Crippen molar-refractivity contribution >= 4 is 17.2 Å². The summed E-state index contributed by atoms with van der Waals surface area (Å²) in [6.07, 6.45) is 0.765. The molecule has 1 amide bonds. The highest BCUT2D eigenvalue weighted by molar-refractivity contribution is 6.21. The number of allylic oxidation sites excluding steroid dienone is 1. The Morgan fingerprint density at radius 1 is 1.09 bits per heavy atom. The van der Waals surface area contributed by atoms with Gasteiger partial charge < -0.3 is 15.2 Å². The van der Waals surface area contributed by atoms with Crippen molar-refractivity contribution in [2.75, 3.05) is 20.3 Å². The number of halogens is 3. The van der Waals surface area contributed by atoms with Gasteiger partial charge >= 0.3 is 0 Å². The van der Waals surface area contributed by atoms with Crippen LogP contribution in [0.15, 0.2) is 77.7 Å². The molecular formula is C26H22F3N3O3. The summed E-state index contributed by atoms with van der Waals surface area (Å²) in [6, 6.07) is 13.2. The average Bonchev–Trinajstić information content (AvgIpc) is 3.25. The van der Waals surface area contributed by atoms with Gasteiger partial charge in [0.1, 0.15) is 23.5 Å². The van der Waals surface area contributed by atoms with Crippen LogP contribution in [0.1, 0.15) is 33.3 Å². The summed E-state index contributed by atoms with van der Waals surface area (Å²) in [4.78, 5) is 21.5. The highest BCUT2D eigenvalue weighted by atomic mass is 19.1. The number of aromatic nitrogens is 1. The van der Waals surface area contributed by atoms with Crippen molar-refractivity contribution < 1.29 is 27.8 Å². The van der Waals surface area contributed by atoms with Gasteiger partial charge in [0, 0.05) is 18.9 Å². The molecular weight excluding hydrogens is 459 g/mol. The van der Waals surface area contributed by atoms with E-state index in [1.54, 1.807) is 24.4 Å². The maximum absolute atomic E-state index is 15.4. The largest absolute Gasteiger partial charge is 0.394 e. The summed E-state index contributed by atoms with van der Waals surface area (Å²) in [7, 11) is 1.41. The maximum atomic E-state index is 15.4. The highest BCUT2D eigenvalue weighted by Crippen LogP contribution is 2.31. The van der Waals surface area contributed by atoms with E-state index in [-0.39, 0.29) is 29.0 Å². The summed E-state index contributed by atoms with van der Waals surface area (Å²) in [5.41, 5.74) is 0.283. The van der Waals surface area contributed by atoms with Gasteiger partial charge in [0.05, 0.1) is 36.0 Å². The van der Waals surface area contributed by atoms with E-state index in [1.807, 2.05) is 0 Å². The zero-order chi connectivity index (χ0) is 24.9. The summed E-state index contributed by atoms with van der Waals surface area (Å²) < 4.78 is 49.0. The van der Waals surface area contributed by atoms with Crippen molar-refractivity contribution in [3.8, 4) is 0 Å². The minimum Gasteiger partial charge on any atom is -0.394 e. The predicted octanol–water partition coefficient (Wildman–Crippen LogP) is 4.02. The molecule has 2 N–H and O–H groups in total. The molecule has 180 valence electrons. The Morgan fingerprint density at radius 3 is 2.51 bits per heavy atom. The van der Waals surface area contributed by atoms with Crippen LogP contribution in [0.3, 0.4) is 0 Å². The number of aliphatic imine (C=N–C) groups is 1. The highest BCUT2D eigenvalue weighted by Gasteiger charge is 2.31. The Bertz CT molecular complexity index is 1280. The monoisotopic (exact) mass is 481 g/mol. The topological polar surface area (TPSA) is 83.8 Å². The Hall–Kier alpha value is -3.82. The SMILES string of the molecule is COC(c1ccccn1)[C@H](CO)NC(=O)c1cccc(F)c1C1=NCC(c2ccc(F)cc2)=C1F. The maximum Gasteiger partial charge on any atom is 0.252 e. The second kappa shape index (κ2) is 10.6. The number of hydrogen-bond acceptors (Lipinski definition) is 5. The molecule has 2 atom stereocenters. The fraction of sp³-hybridized carbons (Fsp3) is 0.192. The Labute approximate surface area is 199 Å². The van der Waals surface area contributed by atoms with E-state index in [2.05, 4.69) is 15.3 Å². The number of pyridine rings is 1. The first-order valence-corrected chi connectivity index (χ1v) is 10.8. The van der Waals surface area contributed by atoms with E-state index < -0.39 is 42.1 Å². The summed E-state index contributed by atoms with van der Waals surface area (Å²) in [5.74, 6) is -2.85. The quantitative estimate of drug-likeness (QED) is 0.509. The standard InChI is InChI=1S/C26H22F3N3O3/c1-35-25(20-7-2-3-12-30-20)21(14-33)32-26(34)17-5-4-6-19(28)22(17)24-23(29)18(13-31-24)15-8-10-16(27)11-9-15/h2-12,21,25,33H,13-14H2,1H3,(H,32,34)/t21-,25?/m0/s1. The number of nitrogens with one attached hydrogen (secondary N) is 1. The van der Waals surface area contributed by atoms with Gasteiger partial charge in [0.25, 0.3) is 5.91 Å². The number of carbonyl (C=O) groups excluding carboxylic acids is 1. The lowest BCUT2D eigenvalue weighted by Crippen LogP contribution is -2.43. The molecule has 0 aliphatic carbocycles. The zero-order valence-electron chi connectivity index (χ0n) is 18.7. The van der Waals surface area contributed by atoms with Gasteiger partial charge in [-0.15, -0.1) is 0 Å². The lowest BCUT2D eigenvalue weighted by atomic mass is 9.98. The Kier molecular flexibility index (Phi) is 7.38. The summed E-state index contributed by atoms with van der Waals surface area (Å²) in [6.45, 7) is -0.581. The first-order valence-electron chi connectivity index (χ1n) is 10.8. The molecule has 2 heterocycles. The molecule has 0 spiro atoms. The second-order valence-electron chi connectivity index (χ2n) is 7.80. The van der Waals surface area contributed by atoms with Crippen molar-refractivity contribution in [2.24, 2.45) is 4.99 Å². The molecule has 1 aliphatic rings. The van der Waals surface area contributed by atoms with Gasteiger partial charge in [0.2, 0.25) is 0 Å². The van der Waals surface area contributed by atoms with E-state index in [9.17, 15) is 18.7 Å². The fourth-order valence-electron chi connectivity index (χ4n) is 3.95. The molecule has 0 saturated heterocycles. The number of amides is 1. The number of aliphatic hydroxyl groups is 1. The third-order valence-electron chi connectivity index (χ3n) is 5.67. The first kappa shape index (κ1) is 24.3.